The van der Waals surface area contributed by atoms with Gasteiger partial charge < -0.3 is 5.32 Å². The van der Waals surface area contributed by atoms with E-state index in [1.54, 1.807) is 12.1 Å². The minimum absolute atomic E-state index is 0.188. The first-order valence-corrected chi connectivity index (χ1v) is 8.16. The van der Waals surface area contributed by atoms with Gasteiger partial charge in [-0.05, 0) is 49.1 Å². The van der Waals surface area contributed by atoms with E-state index in [1.807, 2.05) is 6.07 Å². The predicted molar refractivity (Wildman–Crippen MR) is 88.2 cm³/mol. The molecule has 1 N–H and O–H groups in total. The van der Waals surface area contributed by atoms with Crippen molar-refractivity contribution in [1.82, 2.24) is 5.32 Å². The first-order chi connectivity index (χ1) is 10.1. The summed E-state index contributed by atoms with van der Waals surface area (Å²) in [6.07, 6.45) is 1.07. The second-order valence-corrected chi connectivity index (χ2v) is 6.64. The van der Waals surface area contributed by atoms with Crippen molar-refractivity contribution in [3.63, 3.8) is 0 Å². The molecule has 0 saturated carbocycles. The Morgan fingerprint density at radius 1 is 1.14 bits per heavy atom. The van der Waals surface area contributed by atoms with Crippen molar-refractivity contribution in [3.05, 3.63) is 69.4 Å². The fourth-order valence-electron chi connectivity index (χ4n) is 3.28. The zero-order chi connectivity index (χ0) is 14.8. The van der Waals surface area contributed by atoms with Crippen LogP contribution in [0.2, 0.25) is 0 Å². The lowest BCUT2D eigenvalue weighted by molar-refractivity contribution is 0.402. The Morgan fingerprint density at radius 2 is 2.00 bits per heavy atom. The van der Waals surface area contributed by atoms with Crippen LogP contribution in [0, 0.1) is 12.7 Å². The highest BCUT2D eigenvalue weighted by Crippen LogP contribution is 2.40. The summed E-state index contributed by atoms with van der Waals surface area (Å²) in [5.74, 6) is 0.662. The molecule has 0 aliphatic carbocycles. The molecule has 2 atom stereocenters. The van der Waals surface area contributed by atoms with Crippen molar-refractivity contribution in [1.29, 1.82) is 0 Å². The third-order valence-electron chi connectivity index (χ3n) is 4.31. The lowest BCUT2D eigenvalue weighted by Gasteiger charge is -2.33. The first-order valence-electron chi connectivity index (χ1n) is 7.37. The van der Waals surface area contributed by atoms with Crippen LogP contribution in [-0.4, -0.2) is 13.1 Å². The molecule has 2 aromatic rings. The van der Waals surface area contributed by atoms with Gasteiger partial charge in [-0.1, -0.05) is 51.8 Å². The number of piperidine rings is 1. The second-order valence-electron chi connectivity index (χ2n) is 5.79. The van der Waals surface area contributed by atoms with Crippen LogP contribution in [0.15, 0.2) is 46.9 Å². The van der Waals surface area contributed by atoms with Gasteiger partial charge in [0.2, 0.25) is 0 Å². The van der Waals surface area contributed by atoms with Gasteiger partial charge in [0.05, 0.1) is 0 Å². The Bertz CT molecular complexity index is 641. The zero-order valence-corrected chi connectivity index (χ0v) is 13.7. The summed E-state index contributed by atoms with van der Waals surface area (Å²) in [6, 6.07) is 13.8. The topological polar surface area (TPSA) is 12.0 Å². The standard InChI is InChI=1S/C18H19BrFN/c1-12-3-2-4-13(9-12)17-11-21-8-7-15(17)16-6-5-14(20)10-18(16)19/h2-6,9-10,15,17,21H,7-8,11H2,1H3. The Morgan fingerprint density at radius 3 is 2.76 bits per heavy atom. The molecule has 1 aliphatic rings. The molecule has 0 radical (unpaired) electrons. The fraction of sp³-hybridized carbons (Fsp3) is 0.333. The number of hydrogen-bond donors (Lipinski definition) is 1. The van der Waals surface area contributed by atoms with Gasteiger partial charge in [0.15, 0.2) is 0 Å². The quantitative estimate of drug-likeness (QED) is 0.825. The van der Waals surface area contributed by atoms with Gasteiger partial charge in [0.1, 0.15) is 5.82 Å². The van der Waals surface area contributed by atoms with Crippen LogP contribution in [0.3, 0.4) is 0 Å². The molecule has 0 amide bonds. The second kappa shape index (κ2) is 6.29. The Hall–Kier alpha value is -1.19. The summed E-state index contributed by atoms with van der Waals surface area (Å²) in [4.78, 5) is 0. The van der Waals surface area contributed by atoms with E-state index >= 15 is 0 Å². The van der Waals surface area contributed by atoms with Crippen molar-refractivity contribution in [3.8, 4) is 0 Å². The maximum Gasteiger partial charge on any atom is 0.124 e. The van der Waals surface area contributed by atoms with E-state index < -0.39 is 0 Å². The van der Waals surface area contributed by atoms with Gasteiger partial charge in [-0.15, -0.1) is 0 Å². The highest BCUT2D eigenvalue weighted by molar-refractivity contribution is 9.10. The largest absolute Gasteiger partial charge is 0.316 e. The summed E-state index contributed by atoms with van der Waals surface area (Å²) in [6.45, 7) is 4.11. The maximum atomic E-state index is 13.3. The van der Waals surface area contributed by atoms with Gasteiger partial charge in [-0.3, -0.25) is 0 Å². The highest BCUT2D eigenvalue weighted by Gasteiger charge is 2.29. The molecule has 1 heterocycles. The average Bonchev–Trinajstić information content (AvgIpc) is 2.47. The molecule has 110 valence electrons. The summed E-state index contributed by atoms with van der Waals surface area (Å²) >= 11 is 3.54. The van der Waals surface area contributed by atoms with Crippen molar-refractivity contribution < 1.29 is 4.39 Å². The third-order valence-corrected chi connectivity index (χ3v) is 5.00. The van der Waals surface area contributed by atoms with E-state index in [2.05, 4.69) is 52.4 Å². The molecule has 2 unspecified atom stereocenters. The lowest BCUT2D eigenvalue weighted by Crippen LogP contribution is -2.34. The van der Waals surface area contributed by atoms with Gasteiger partial charge in [0, 0.05) is 16.9 Å². The van der Waals surface area contributed by atoms with E-state index in [4.69, 9.17) is 0 Å². The third kappa shape index (κ3) is 3.19. The number of halogens is 2. The maximum absolute atomic E-state index is 13.3. The van der Waals surface area contributed by atoms with Crippen LogP contribution in [0.4, 0.5) is 4.39 Å². The van der Waals surface area contributed by atoms with E-state index in [-0.39, 0.29) is 5.82 Å². The SMILES string of the molecule is Cc1cccc(C2CNCCC2c2ccc(F)cc2Br)c1. The minimum atomic E-state index is -0.188. The van der Waals surface area contributed by atoms with Crippen molar-refractivity contribution in [2.75, 3.05) is 13.1 Å². The molecule has 2 aromatic carbocycles. The monoisotopic (exact) mass is 347 g/mol. The van der Waals surface area contributed by atoms with Crippen LogP contribution < -0.4 is 5.32 Å². The molecular weight excluding hydrogens is 329 g/mol. The van der Waals surface area contributed by atoms with Crippen molar-refractivity contribution >= 4 is 15.9 Å². The molecule has 1 aliphatic heterocycles. The lowest BCUT2D eigenvalue weighted by atomic mass is 9.77. The normalized spacial score (nSPS) is 22.2. The number of hydrogen-bond acceptors (Lipinski definition) is 1. The van der Waals surface area contributed by atoms with E-state index in [9.17, 15) is 4.39 Å². The summed E-state index contributed by atoms with van der Waals surface area (Å²) in [5, 5.41) is 3.49. The number of aryl methyl sites for hydroxylation is 1. The van der Waals surface area contributed by atoms with Crippen LogP contribution in [-0.2, 0) is 0 Å². The van der Waals surface area contributed by atoms with Crippen LogP contribution in [0.1, 0.15) is 34.9 Å². The van der Waals surface area contributed by atoms with Gasteiger partial charge in [-0.2, -0.15) is 0 Å². The molecule has 21 heavy (non-hydrogen) atoms. The number of benzene rings is 2. The smallest absolute Gasteiger partial charge is 0.124 e. The minimum Gasteiger partial charge on any atom is -0.316 e. The Labute approximate surface area is 133 Å². The number of rotatable bonds is 2. The van der Waals surface area contributed by atoms with Gasteiger partial charge in [-0.25, -0.2) is 4.39 Å². The molecule has 1 saturated heterocycles. The molecule has 1 nitrogen and oxygen atoms in total. The van der Waals surface area contributed by atoms with Gasteiger partial charge >= 0.3 is 0 Å². The summed E-state index contributed by atoms with van der Waals surface area (Å²) in [7, 11) is 0. The van der Waals surface area contributed by atoms with Crippen LogP contribution >= 0.6 is 15.9 Å². The molecular formula is C18H19BrFN. The first kappa shape index (κ1) is 14.7. The van der Waals surface area contributed by atoms with E-state index in [0.29, 0.717) is 11.8 Å². The van der Waals surface area contributed by atoms with Gasteiger partial charge in [0.25, 0.3) is 0 Å². The Balaban J connectivity index is 1.98. The molecule has 0 bridgehead atoms. The fourth-order valence-corrected chi connectivity index (χ4v) is 3.93. The van der Waals surface area contributed by atoms with E-state index in [0.717, 1.165) is 24.0 Å². The summed E-state index contributed by atoms with van der Waals surface area (Å²) in [5.41, 5.74) is 3.86. The highest BCUT2D eigenvalue weighted by atomic mass is 79.9. The molecule has 3 rings (SSSR count). The molecule has 0 aromatic heterocycles. The van der Waals surface area contributed by atoms with Crippen molar-refractivity contribution in [2.24, 2.45) is 0 Å². The van der Waals surface area contributed by atoms with E-state index in [1.165, 1.54) is 16.7 Å². The number of nitrogens with one attached hydrogen (secondary N) is 1. The van der Waals surface area contributed by atoms with Crippen LogP contribution in [0.25, 0.3) is 0 Å². The zero-order valence-electron chi connectivity index (χ0n) is 12.1. The molecule has 1 fully saturated rings. The summed E-state index contributed by atoms with van der Waals surface area (Å²) < 4.78 is 14.2. The average molecular weight is 348 g/mol. The van der Waals surface area contributed by atoms with Crippen LogP contribution in [0.5, 0.6) is 0 Å². The predicted octanol–water partition coefficient (Wildman–Crippen LogP) is 4.76. The molecule has 0 spiro atoms. The molecule has 3 heteroatoms. The van der Waals surface area contributed by atoms with Crippen molar-refractivity contribution in [2.45, 2.75) is 25.2 Å². The Kier molecular flexibility index (Phi) is 4.41.